The summed E-state index contributed by atoms with van der Waals surface area (Å²) in [6.45, 7) is 6.47. The molecular weight excluding hydrogens is 793 g/mol. The van der Waals surface area contributed by atoms with Crippen molar-refractivity contribution in [2.45, 2.75) is 264 Å². The largest absolute Gasteiger partial charge is 0.462 e. The summed E-state index contributed by atoms with van der Waals surface area (Å²) in [5, 5.41) is 0. The Balaban J connectivity index is 4.40. The second-order valence-electron chi connectivity index (χ2n) is 17.8. The zero-order valence-corrected chi connectivity index (χ0v) is 42.0. The van der Waals surface area contributed by atoms with Crippen LogP contribution in [0.2, 0.25) is 0 Å². The average molecular weight is 893 g/mol. The first kappa shape index (κ1) is 60.9. The first-order chi connectivity index (χ1) is 31.5. The Kier molecular flexibility index (Phi) is 49.9. The summed E-state index contributed by atoms with van der Waals surface area (Å²) in [5.41, 5.74) is 0. The van der Waals surface area contributed by atoms with Gasteiger partial charge in [-0.1, -0.05) is 229 Å². The van der Waals surface area contributed by atoms with Gasteiger partial charge in [-0.05, 0) is 83.5 Å². The highest BCUT2D eigenvalue weighted by Gasteiger charge is 2.19. The summed E-state index contributed by atoms with van der Waals surface area (Å²) < 4.78 is 16.8. The van der Waals surface area contributed by atoms with Crippen LogP contribution in [-0.2, 0) is 28.6 Å². The van der Waals surface area contributed by atoms with Crippen molar-refractivity contribution in [3.8, 4) is 0 Å². The second kappa shape index (κ2) is 52.5. The van der Waals surface area contributed by atoms with Crippen molar-refractivity contribution in [3.63, 3.8) is 0 Å². The number of ether oxygens (including phenoxy) is 3. The lowest BCUT2D eigenvalue weighted by molar-refractivity contribution is -0.167. The van der Waals surface area contributed by atoms with E-state index in [1.54, 1.807) is 0 Å². The van der Waals surface area contributed by atoms with Crippen LogP contribution >= 0.6 is 0 Å². The number of unbranched alkanes of at least 4 members (excludes halogenated alkanes) is 25. The molecule has 0 saturated carbocycles. The molecule has 0 aromatic rings. The van der Waals surface area contributed by atoms with Crippen molar-refractivity contribution in [2.75, 3.05) is 13.2 Å². The number of hydrogen-bond donors (Lipinski definition) is 0. The van der Waals surface area contributed by atoms with Gasteiger partial charge in [-0.3, -0.25) is 14.4 Å². The van der Waals surface area contributed by atoms with Crippen LogP contribution in [0.3, 0.4) is 0 Å². The number of carbonyl (C=O) groups is 3. The maximum Gasteiger partial charge on any atom is 0.306 e. The quantitative estimate of drug-likeness (QED) is 0.0262. The topological polar surface area (TPSA) is 78.9 Å². The Labute approximate surface area is 395 Å². The molecule has 0 aliphatic heterocycles. The van der Waals surface area contributed by atoms with Gasteiger partial charge in [0.1, 0.15) is 13.2 Å². The highest BCUT2D eigenvalue weighted by molar-refractivity contribution is 5.71. The van der Waals surface area contributed by atoms with Crippen LogP contribution in [0, 0.1) is 0 Å². The predicted molar refractivity (Wildman–Crippen MR) is 274 cm³/mol. The Morgan fingerprint density at radius 1 is 0.328 bits per heavy atom. The van der Waals surface area contributed by atoms with Gasteiger partial charge in [0.25, 0.3) is 0 Å². The zero-order chi connectivity index (χ0) is 46.5. The van der Waals surface area contributed by atoms with E-state index >= 15 is 0 Å². The lowest BCUT2D eigenvalue weighted by atomic mass is 10.0. The van der Waals surface area contributed by atoms with Crippen LogP contribution in [0.1, 0.15) is 258 Å². The fraction of sp³-hybridized carbons (Fsp3) is 0.741. The van der Waals surface area contributed by atoms with E-state index in [4.69, 9.17) is 14.2 Å². The molecule has 0 aliphatic rings. The van der Waals surface area contributed by atoms with Crippen LogP contribution in [-0.4, -0.2) is 37.2 Å². The van der Waals surface area contributed by atoms with Gasteiger partial charge in [-0.15, -0.1) is 0 Å². The first-order valence-corrected chi connectivity index (χ1v) is 26.9. The van der Waals surface area contributed by atoms with Gasteiger partial charge in [-0.25, -0.2) is 0 Å². The van der Waals surface area contributed by atoms with Crippen molar-refractivity contribution in [1.29, 1.82) is 0 Å². The molecule has 0 bridgehead atoms. The summed E-state index contributed by atoms with van der Waals surface area (Å²) >= 11 is 0. The maximum absolute atomic E-state index is 12.8. The fourth-order valence-corrected chi connectivity index (χ4v) is 7.39. The highest BCUT2D eigenvalue weighted by Crippen LogP contribution is 2.15. The highest BCUT2D eigenvalue weighted by atomic mass is 16.6. The van der Waals surface area contributed by atoms with E-state index < -0.39 is 6.10 Å². The zero-order valence-electron chi connectivity index (χ0n) is 42.0. The molecular formula is C58H100O6. The van der Waals surface area contributed by atoms with Crippen molar-refractivity contribution in [2.24, 2.45) is 0 Å². The Morgan fingerprint density at radius 3 is 1.00 bits per heavy atom. The summed E-state index contributed by atoms with van der Waals surface area (Å²) in [7, 11) is 0. The van der Waals surface area contributed by atoms with Crippen LogP contribution in [0.5, 0.6) is 0 Å². The number of hydrogen-bond acceptors (Lipinski definition) is 6. The number of rotatable bonds is 48. The number of esters is 3. The molecule has 0 rings (SSSR count). The Bertz CT molecular complexity index is 1210. The molecule has 1 atom stereocenters. The minimum Gasteiger partial charge on any atom is -0.462 e. The fourth-order valence-electron chi connectivity index (χ4n) is 7.39. The van der Waals surface area contributed by atoms with Crippen LogP contribution < -0.4 is 0 Å². The Hall–Kier alpha value is -3.15. The van der Waals surface area contributed by atoms with E-state index in [1.807, 2.05) is 0 Å². The molecule has 64 heavy (non-hydrogen) atoms. The smallest absolute Gasteiger partial charge is 0.306 e. The standard InChI is InChI=1S/C58H100O6/c1-4-7-10-13-16-19-22-25-27-28-29-30-31-34-36-39-42-45-48-51-57(60)63-54-55(53-62-56(59)50-47-44-41-38-35-32-24-21-18-15-12-9-6-3)64-58(61)52-49-46-43-40-37-33-26-23-20-17-14-11-8-5-2/h7,10,14,16-17,19,23,25-27,29-30,55H,4-6,8-9,11-13,15,18,20-22,24,28,31-54H2,1-3H3/b10-7-,17-14-,19-16-,26-23-,27-25-,30-29-. The molecule has 6 heteroatoms. The Morgan fingerprint density at radius 2 is 0.625 bits per heavy atom. The van der Waals surface area contributed by atoms with Crippen LogP contribution in [0.4, 0.5) is 0 Å². The molecule has 0 fully saturated rings. The van der Waals surface area contributed by atoms with Crippen LogP contribution in [0.25, 0.3) is 0 Å². The van der Waals surface area contributed by atoms with Crippen molar-refractivity contribution < 1.29 is 28.6 Å². The van der Waals surface area contributed by atoms with E-state index in [2.05, 4.69) is 93.7 Å². The first-order valence-electron chi connectivity index (χ1n) is 26.9. The third-order valence-electron chi connectivity index (χ3n) is 11.4. The summed E-state index contributed by atoms with van der Waals surface area (Å²) in [6, 6.07) is 0. The van der Waals surface area contributed by atoms with Gasteiger partial charge in [0, 0.05) is 19.3 Å². The molecule has 0 radical (unpaired) electrons. The van der Waals surface area contributed by atoms with E-state index in [-0.39, 0.29) is 31.1 Å². The second-order valence-corrected chi connectivity index (χ2v) is 17.8. The van der Waals surface area contributed by atoms with Gasteiger partial charge in [-0.2, -0.15) is 0 Å². The minimum absolute atomic E-state index is 0.0841. The molecule has 0 spiro atoms. The van der Waals surface area contributed by atoms with Crippen molar-refractivity contribution in [3.05, 3.63) is 72.9 Å². The summed E-state index contributed by atoms with van der Waals surface area (Å²) in [6.07, 6.45) is 65.9. The van der Waals surface area contributed by atoms with Gasteiger partial charge < -0.3 is 14.2 Å². The normalized spacial score (nSPS) is 12.6. The number of allylic oxidation sites excluding steroid dienone is 12. The van der Waals surface area contributed by atoms with Crippen LogP contribution in [0.15, 0.2) is 72.9 Å². The van der Waals surface area contributed by atoms with E-state index in [9.17, 15) is 14.4 Å². The molecule has 368 valence electrons. The molecule has 0 aromatic heterocycles. The van der Waals surface area contributed by atoms with Gasteiger partial charge in [0.05, 0.1) is 0 Å². The average Bonchev–Trinajstić information content (AvgIpc) is 3.29. The van der Waals surface area contributed by atoms with E-state index in [1.165, 1.54) is 103 Å². The molecule has 0 aliphatic carbocycles. The molecule has 6 nitrogen and oxygen atoms in total. The summed E-state index contributed by atoms with van der Waals surface area (Å²) in [5.74, 6) is -0.908. The van der Waals surface area contributed by atoms with Crippen molar-refractivity contribution in [1.82, 2.24) is 0 Å². The summed E-state index contributed by atoms with van der Waals surface area (Å²) in [4.78, 5) is 38.0. The molecule has 1 unspecified atom stereocenters. The van der Waals surface area contributed by atoms with Gasteiger partial charge >= 0.3 is 17.9 Å². The van der Waals surface area contributed by atoms with Crippen molar-refractivity contribution >= 4 is 17.9 Å². The van der Waals surface area contributed by atoms with E-state index in [0.29, 0.717) is 19.3 Å². The predicted octanol–water partition coefficient (Wildman–Crippen LogP) is 17.8. The molecule has 0 N–H and O–H groups in total. The molecule has 0 saturated heterocycles. The number of carbonyl (C=O) groups excluding carboxylic acids is 3. The lowest BCUT2D eigenvalue weighted by Crippen LogP contribution is -2.30. The molecule has 0 aromatic carbocycles. The third-order valence-corrected chi connectivity index (χ3v) is 11.4. The SMILES string of the molecule is CC/C=C\C/C=C\C/C=C\C/C=C\CCCCCCCCC(=O)OCC(COC(=O)CCCCCCCCCCCCCCC)OC(=O)CCCCCCC/C=C\C/C=C\CCCC. The molecule has 0 amide bonds. The maximum atomic E-state index is 12.8. The molecule has 0 heterocycles. The monoisotopic (exact) mass is 893 g/mol. The lowest BCUT2D eigenvalue weighted by Gasteiger charge is -2.18. The van der Waals surface area contributed by atoms with E-state index in [0.717, 1.165) is 116 Å². The van der Waals surface area contributed by atoms with Gasteiger partial charge in [0.15, 0.2) is 6.10 Å². The van der Waals surface area contributed by atoms with Gasteiger partial charge in [0.2, 0.25) is 0 Å². The third kappa shape index (κ3) is 49.9. The minimum atomic E-state index is -0.787.